The van der Waals surface area contributed by atoms with Crippen LogP contribution in [0.1, 0.15) is 30.6 Å². The van der Waals surface area contributed by atoms with Crippen LogP contribution in [0, 0.1) is 5.82 Å². The predicted octanol–water partition coefficient (Wildman–Crippen LogP) is 0.665. The van der Waals surface area contributed by atoms with E-state index in [2.05, 4.69) is 4.74 Å². The largest absolute Gasteiger partial charge is 0.466 e. The summed E-state index contributed by atoms with van der Waals surface area (Å²) < 4.78 is 18.3. The molecule has 0 heterocycles. The van der Waals surface area contributed by atoms with Crippen LogP contribution in [-0.4, -0.2) is 34.0 Å². The lowest BCUT2D eigenvalue weighted by Gasteiger charge is -2.18. The summed E-state index contributed by atoms with van der Waals surface area (Å²) in [6.45, 7) is 1.47. The molecule has 0 spiro atoms. The van der Waals surface area contributed by atoms with Crippen molar-refractivity contribution in [2.45, 2.75) is 32.2 Å². The van der Waals surface area contributed by atoms with E-state index >= 15 is 0 Å². The first-order valence-electron chi connectivity index (χ1n) is 5.90. The van der Waals surface area contributed by atoms with Gasteiger partial charge < -0.3 is 20.1 Å². The maximum absolute atomic E-state index is 13.6. The Kier molecular flexibility index (Phi) is 5.88. The average molecular weight is 272 g/mol. The first kappa shape index (κ1) is 15.6. The van der Waals surface area contributed by atoms with Crippen molar-refractivity contribution < 1.29 is 29.2 Å². The van der Waals surface area contributed by atoms with Gasteiger partial charge in [0.05, 0.1) is 25.7 Å². The zero-order valence-electron chi connectivity index (χ0n) is 10.5. The van der Waals surface area contributed by atoms with Gasteiger partial charge in [-0.05, 0) is 18.6 Å². The first-order valence-corrected chi connectivity index (χ1v) is 5.90. The lowest BCUT2D eigenvalue weighted by atomic mass is 10.0. The van der Waals surface area contributed by atoms with Gasteiger partial charge in [0, 0.05) is 5.56 Å². The molecule has 0 bridgehead atoms. The van der Waals surface area contributed by atoms with Crippen LogP contribution in [0.4, 0.5) is 4.39 Å². The number of halogens is 1. The second-order valence-electron chi connectivity index (χ2n) is 4.04. The smallest absolute Gasteiger partial charge is 0.308 e. The van der Waals surface area contributed by atoms with Gasteiger partial charge in [-0.2, -0.15) is 0 Å². The molecule has 5 nitrogen and oxygen atoms in total. The molecule has 0 amide bonds. The van der Waals surface area contributed by atoms with Crippen LogP contribution in [-0.2, 0) is 16.1 Å². The fourth-order valence-electron chi connectivity index (χ4n) is 1.62. The van der Waals surface area contributed by atoms with E-state index in [0.717, 1.165) is 6.07 Å². The summed E-state index contributed by atoms with van der Waals surface area (Å²) in [6.07, 6.45) is -3.40. The van der Waals surface area contributed by atoms with Crippen LogP contribution in [0.15, 0.2) is 18.2 Å². The molecule has 0 saturated carbocycles. The van der Waals surface area contributed by atoms with Gasteiger partial charge in [-0.1, -0.05) is 12.1 Å². The van der Waals surface area contributed by atoms with Crippen LogP contribution in [0.5, 0.6) is 0 Å². The monoisotopic (exact) mass is 272 g/mol. The number of aliphatic hydroxyl groups excluding tert-OH is 3. The molecule has 0 radical (unpaired) electrons. The van der Waals surface area contributed by atoms with Crippen molar-refractivity contribution in [3.05, 3.63) is 35.1 Å². The van der Waals surface area contributed by atoms with Gasteiger partial charge in [0.25, 0.3) is 0 Å². The lowest BCUT2D eigenvalue weighted by Crippen LogP contribution is -2.24. The maximum atomic E-state index is 13.6. The zero-order valence-corrected chi connectivity index (χ0v) is 10.5. The van der Waals surface area contributed by atoms with E-state index in [4.69, 9.17) is 5.11 Å². The van der Waals surface area contributed by atoms with Gasteiger partial charge in [-0.25, -0.2) is 4.39 Å². The average Bonchev–Trinajstić information content (AvgIpc) is 2.37. The van der Waals surface area contributed by atoms with Crippen LogP contribution in [0.2, 0.25) is 0 Å². The van der Waals surface area contributed by atoms with Gasteiger partial charge in [-0.15, -0.1) is 0 Å². The number of esters is 1. The third-order valence-corrected chi connectivity index (χ3v) is 2.61. The quantitative estimate of drug-likeness (QED) is 0.662. The van der Waals surface area contributed by atoms with E-state index in [1.54, 1.807) is 6.92 Å². The third kappa shape index (κ3) is 4.27. The minimum Gasteiger partial charge on any atom is -0.466 e. The second-order valence-corrected chi connectivity index (χ2v) is 4.04. The Bertz CT molecular complexity index is 435. The molecule has 1 aromatic carbocycles. The van der Waals surface area contributed by atoms with E-state index in [1.807, 2.05) is 0 Å². The van der Waals surface area contributed by atoms with Gasteiger partial charge in [0.1, 0.15) is 11.9 Å². The highest BCUT2D eigenvalue weighted by molar-refractivity contribution is 5.70. The van der Waals surface area contributed by atoms with Crippen LogP contribution < -0.4 is 0 Å². The maximum Gasteiger partial charge on any atom is 0.308 e. The summed E-state index contributed by atoms with van der Waals surface area (Å²) in [5, 5.41) is 28.3. The Morgan fingerprint density at radius 1 is 1.42 bits per heavy atom. The van der Waals surface area contributed by atoms with E-state index in [1.165, 1.54) is 12.1 Å². The third-order valence-electron chi connectivity index (χ3n) is 2.61. The van der Waals surface area contributed by atoms with Gasteiger partial charge >= 0.3 is 5.97 Å². The summed E-state index contributed by atoms with van der Waals surface area (Å²) in [7, 11) is 0. The Morgan fingerprint density at radius 3 is 2.63 bits per heavy atom. The normalized spacial score (nSPS) is 13.9. The Balaban J connectivity index is 2.76. The molecule has 2 unspecified atom stereocenters. The molecule has 1 aromatic rings. The number of hydrogen-bond donors (Lipinski definition) is 3. The molecule has 106 valence electrons. The van der Waals surface area contributed by atoms with Crippen molar-refractivity contribution >= 4 is 5.97 Å². The molecule has 0 fully saturated rings. The van der Waals surface area contributed by atoms with Gasteiger partial charge in [0.15, 0.2) is 0 Å². The van der Waals surface area contributed by atoms with Crippen molar-refractivity contribution in [2.24, 2.45) is 0 Å². The summed E-state index contributed by atoms with van der Waals surface area (Å²) >= 11 is 0. The first-order chi connectivity index (χ1) is 8.99. The van der Waals surface area contributed by atoms with E-state index in [9.17, 15) is 19.4 Å². The summed E-state index contributed by atoms with van der Waals surface area (Å²) in [5.74, 6) is -1.41. The Labute approximate surface area is 110 Å². The SMILES string of the molecule is CCOC(=O)CC(O)C(O)c1ccc(CO)cc1F. The molecule has 0 saturated heterocycles. The highest BCUT2D eigenvalue weighted by Crippen LogP contribution is 2.23. The molecular weight excluding hydrogens is 255 g/mol. The molecule has 19 heavy (non-hydrogen) atoms. The molecular formula is C13H17FO5. The zero-order chi connectivity index (χ0) is 14.4. The van der Waals surface area contributed by atoms with Crippen molar-refractivity contribution in [2.75, 3.05) is 6.61 Å². The number of ether oxygens (including phenoxy) is 1. The molecule has 0 aliphatic rings. The second kappa shape index (κ2) is 7.18. The Morgan fingerprint density at radius 2 is 2.11 bits per heavy atom. The minimum absolute atomic E-state index is 0.131. The number of aliphatic hydroxyl groups is 3. The minimum atomic E-state index is -1.53. The fraction of sp³-hybridized carbons (Fsp3) is 0.462. The van der Waals surface area contributed by atoms with Crippen molar-refractivity contribution in [1.29, 1.82) is 0 Å². The van der Waals surface area contributed by atoms with E-state index < -0.39 is 30.4 Å². The van der Waals surface area contributed by atoms with Gasteiger partial charge in [0.2, 0.25) is 0 Å². The molecule has 1 rings (SSSR count). The predicted molar refractivity (Wildman–Crippen MR) is 64.5 cm³/mol. The Hall–Kier alpha value is -1.50. The number of benzene rings is 1. The fourth-order valence-corrected chi connectivity index (χ4v) is 1.62. The van der Waals surface area contributed by atoms with Crippen molar-refractivity contribution in [3.8, 4) is 0 Å². The molecule has 0 aliphatic heterocycles. The summed E-state index contributed by atoms with van der Waals surface area (Å²) in [4.78, 5) is 11.2. The van der Waals surface area contributed by atoms with Crippen LogP contribution in [0.25, 0.3) is 0 Å². The standard InChI is InChI=1S/C13H17FO5/c1-2-19-12(17)6-11(16)13(18)9-4-3-8(7-15)5-10(9)14/h3-5,11,13,15-16,18H,2,6-7H2,1H3. The highest BCUT2D eigenvalue weighted by Gasteiger charge is 2.24. The number of hydrogen-bond acceptors (Lipinski definition) is 5. The molecule has 0 aliphatic carbocycles. The van der Waals surface area contributed by atoms with Crippen molar-refractivity contribution in [1.82, 2.24) is 0 Å². The molecule has 2 atom stereocenters. The summed E-state index contributed by atoms with van der Waals surface area (Å²) in [5.41, 5.74) is 0.224. The number of carbonyl (C=O) groups is 1. The van der Waals surface area contributed by atoms with Gasteiger partial charge in [-0.3, -0.25) is 4.79 Å². The molecule has 6 heteroatoms. The van der Waals surface area contributed by atoms with E-state index in [-0.39, 0.29) is 18.8 Å². The van der Waals surface area contributed by atoms with E-state index in [0.29, 0.717) is 5.56 Å². The summed E-state index contributed by atoms with van der Waals surface area (Å²) in [6, 6.07) is 3.76. The highest BCUT2D eigenvalue weighted by atomic mass is 19.1. The van der Waals surface area contributed by atoms with Crippen LogP contribution >= 0.6 is 0 Å². The number of rotatable bonds is 6. The van der Waals surface area contributed by atoms with Crippen molar-refractivity contribution in [3.63, 3.8) is 0 Å². The topological polar surface area (TPSA) is 87.0 Å². The lowest BCUT2D eigenvalue weighted by molar-refractivity contribution is -0.147. The molecule has 3 N–H and O–H groups in total. The van der Waals surface area contributed by atoms with Crippen LogP contribution in [0.3, 0.4) is 0 Å². The number of carbonyl (C=O) groups excluding carboxylic acids is 1. The molecule has 0 aromatic heterocycles.